The minimum absolute atomic E-state index is 0.0455. The molecule has 33 heavy (non-hydrogen) atoms. The van der Waals surface area contributed by atoms with E-state index in [4.69, 9.17) is 9.72 Å². The SMILES string of the molecule is COC(=O)c1ccc2c(=O)n(-c3ccccc3)c(SC(C)C(=O)N3CCC(C)CC3)nc2c1. The molecule has 0 spiro atoms. The molecule has 1 saturated heterocycles. The van der Waals surface area contributed by atoms with E-state index in [-0.39, 0.29) is 11.5 Å². The molecule has 0 radical (unpaired) electrons. The predicted octanol–water partition coefficient (Wildman–Crippen LogP) is 3.91. The topological polar surface area (TPSA) is 81.5 Å². The number of ether oxygens (including phenoxy) is 1. The van der Waals surface area contributed by atoms with E-state index in [9.17, 15) is 14.4 Å². The normalized spacial score (nSPS) is 15.4. The third kappa shape index (κ3) is 4.80. The van der Waals surface area contributed by atoms with Crippen molar-refractivity contribution in [2.45, 2.75) is 37.1 Å². The maximum absolute atomic E-state index is 13.5. The lowest BCUT2D eigenvalue weighted by molar-refractivity contribution is -0.131. The zero-order chi connectivity index (χ0) is 23.5. The van der Waals surface area contributed by atoms with Crippen molar-refractivity contribution in [1.82, 2.24) is 14.5 Å². The quantitative estimate of drug-likeness (QED) is 0.323. The maximum Gasteiger partial charge on any atom is 0.337 e. The fraction of sp³-hybridized carbons (Fsp3) is 0.360. The van der Waals surface area contributed by atoms with Gasteiger partial charge in [0.1, 0.15) is 0 Å². The smallest absolute Gasteiger partial charge is 0.337 e. The molecule has 1 unspecified atom stereocenters. The van der Waals surface area contributed by atoms with Gasteiger partial charge in [0, 0.05) is 13.1 Å². The molecule has 0 N–H and O–H groups in total. The average molecular weight is 466 g/mol. The largest absolute Gasteiger partial charge is 0.465 e. The highest BCUT2D eigenvalue weighted by atomic mass is 32.2. The van der Waals surface area contributed by atoms with Gasteiger partial charge in [0.05, 0.1) is 34.5 Å². The number of thioether (sulfide) groups is 1. The summed E-state index contributed by atoms with van der Waals surface area (Å²) >= 11 is 1.26. The summed E-state index contributed by atoms with van der Waals surface area (Å²) in [5, 5.41) is 0.383. The second kappa shape index (κ2) is 9.79. The number of carbonyl (C=O) groups excluding carboxylic acids is 2. The van der Waals surface area contributed by atoms with Crippen LogP contribution in [0, 0.1) is 5.92 Å². The highest BCUT2D eigenvalue weighted by Gasteiger charge is 2.27. The van der Waals surface area contributed by atoms with Gasteiger partial charge in [0.15, 0.2) is 5.16 Å². The molecular formula is C25H27N3O4S. The van der Waals surface area contributed by atoms with Crippen LogP contribution in [0.15, 0.2) is 58.5 Å². The fourth-order valence-electron chi connectivity index (χ4n) is 3.99. The van der Waals surface area contributed by atoms with Gasteiger partial charge in [-0.1, -0.05) is 36.9 Å². The first-order valence-corrected chi connectivity index (χ1v) is 11.9. The lowest BCUT2D eigenvalue weighted by Gasteiger charge is -2.32. The van der Waals surface area contributed by atoms with Gasteiger partial charge in [-0.2, -0.15) is 0 Å². The summed E-state index contributed by atoms with van der Waals surface area (Å²) in [6.07, 6.45) is 2.00. The first-order valence-electron chi connectivity index (χ1n) is 11.0. The van der Waals surface area contributed by atoms with Crippen LogP contribution in [0.25, 0.3) is 16.6 Å². The molecule has 7 nitrogen and oxygen atoms in total. The summed E-state index contributed by atoms with van der Waals surface area (Å²) in [6.45, 7) is 5.57. The summed E-state index contributed by atoms with van der Waals surface area (Å²) < 4.78 is 6.34. The second-order valence-electron chi connectivity index (χ2n) is 8.36. The van der Waals surface area contributed by atoms with Gasteiger partial charge in [0.2, 0.25) is 5.91 Å². The second-order valence-corrected chi connectivity index (χ2v) is 9.67. The highest BCUT2D eigenvalue weighted by molar-refractivity contribution is 8.00. The molecule has 172 valence electrons. The number of nitrogens with zero attached hydrogens (tertiary/aromatic N) is 3. The van der Waals surface area contributed by atoms with Gasteiger partial charge < -0.3 is 9.64 Å². The zero-order valence-corrected chi connectivity index (χ0v) is 19.8. The number of aromatic nitrogens is 2. The van der Waals surface area contributed by atoms with E-state index < -0.39 is 11.2 Å². The number of amides is 1. The molecule has 8 heteroatoms. The summed E-state index contributed by atoms with van der Waals surface area (Å²) in [7, 11) is 1.31. The number of rotatable bonds is 5. The van der Waals surface area contributed by atoms with Crippen molar-refractivity contribution in [1.29, 1.82) is 0 Å². The molecule has 1 aliphatic heterocycles. The van der Waals surface area contributed by atoms with Crippen LogP contribution in [0.2, 0.25) is 0 Å². The standard InChI is InChI=1S/C25H27N3O4S/c1-16-11-13-27(14-12-16)22(29)17(2)33-25-26-21-15-18(24(31)32-3)9-10-20(21)23(30)28(25)19-7-5-4-6-8-19/h4-10,15-17H,11-14H2,1-3H3. The lowest BCUT2D eigenvalue weighted by Crippen LogP contribution is -2.42. The van der Waals surface area contributed by atoms with E-state index in [0.717, 1.165) is 25.9 Å². The number of para-hydroxylation sites is 1. The molecule has 2 heterocycles. The van der Waals surface area contributed by atoms with Crippen molar-refractivity contribution < 1.29 is 14.3 Å². The van der Waals surface area contributed by atoms with Crippen molar-refractivity contribution in [2.75, 3.05) is 20.2 Å². The number of methoxy groups -OCH3 is 1. The van der Waals surface area contributed by atoms with Gasteiger partial charge in [-0.25, -0.2) is 9.78 Å². The summed E-state index contributed by atoms with van der Waals surface area (Å²) in [5.41, 5.74) is 1.13. The Labute approximate surface area is 196 Å². The Bertz CT molecular complexity index is 1230. The van der Waals surface area contributed by atoms with Gasteiger partial charge in [-0.15, -0.1) is 0 Å². The van der Waals surface area contributed by atoms with E-state index in [1.807, 2.05) is 42.2 Å². The van der Waals surface area contributed by atoms with Gasteiger partial charge in [-0.3, -0.25) is 14.2 Å². The number of fused-ring (bicyclic) bond motifs is 1. The Balaban J connectivity index is 1.76. The van der Waals surface area contributed by atoms with Crippen molar-refractivity contribution >= 4 is 34.5 Å². The lowest BCUT2D eigenvalue weighted by atomic mass is 9.99. The van der Waals surface area contributed by atoms with E-state index in [2.05, 4.69) is 6.92 Å². The molecule has 1 atom stereocenters. The van der Waals surface area contributed by atoms with Crippen LogP contribution >= 0.6 is 11.8 Å². The summed E-state index contributed by atoms with van der Waals surface area (Å²) in [6, 6.07) is 14.0. The molecule has 1 amide bonds. The zero-order valence-electron chi connectivity index (χ0n) is 19.0. The van der Waals surface area contributed by atoms with Crippen LogP contribution in [-0.4, -0.2) is 51.8 Å². The third-order valence-electron chi connectivity index (χ3n) is 6.00. The molecule has 0 bridgehead atoms. The van der Waals surface area contributed by atoms with E-state index in [1.54, 1.807) is 18.2 Å². The first-order chi connectivity index (χ1) is 15.9. The number of benzene rings is 2. The minimum atomic E-state index is -0.497. The van der Waals surface area contributed by atoms with Crippen LogP contribution in [0.1, 0.15) is 37.0 Å². The van der Waals surface area contributed by atoms with Gasteiger partial charge in [0.25, 0.3) is 5.56 Å². The monoisotopic (exact) mass is 465 g/mol. The molecule has 2 aromatic carbocycles. The Hall–Kier alpha value is -3.13. The first kappa shape index (κ1) is 23.0. The minimum Gasteiger partial charge on any atom is -0.465 e. The van der Waals surface area contributed by atoms with Crippen LogP contribution in [-0.2, 0) is 9.53 Å². The molecule has 3 aromatic rings. The summed E-state index contributed by atoms with van der Waals surface area (Å²) in [4.78, 5) is 45.2. The van der Waals surface area contributed by atoms with Gasteiger partial charge >= 0.3 is 5.97 Å². The predicted molar refractivity (Wildman–Crippen MR) is 129 cm³/mol. The van der Waals surface area contributed by atoms with E-state index >= 15 is 0 Å². The molecule has 0 saturated carbocycles. The van der Waals surface area contributed by atoms with E-state index in [0.29, 0.717) is 33.2 Å². The van der Waals surface area contributed by atoms with Crippen molar-refractivity contribution in [3.63, 3.8) is 0 Å². The average Bonchev–Trinajstić information content (AvgIpc) is 2.84. The Morgan fingerprint density at radius 3 is 2.48 bits per heavy atom. The van der Waals surface area contributed by atoms with Crippen LogP contribution in [0.3, 0.4) is 0 Å². The van der Waals surface area contributed by atoms with Crippen molar-refractivity contribution in [2.24, 2.45) is 5.92 Å². The number of piperidine rings is 1. The Kier molecular flexibility index (Phi) is 6.83. The maximum atomic E-state index is 13.5. The summed E-state index contributed by atoms with van der Waals surface area (Å²) in [5.74, 6) is 0.179. The molecule has 4 rings (SSSR count). The van der Waals surface area contributed by atoms with Crippen molar-refractivity contribution in [3.8, 4) is 5.69 Å². The molecule has 0 aliphatic carbocycles. The number of carbonyl (C=O) groups is 2. The fourth-order valence-corrected chi connectivity index (χ4v) is 5.00. The Morgan fingerprint density at radius 2 is 1.82 bits per heavy atom. The van der Waals surface area contributed by atoms with Crippen LogP contribution in [0.5, 0.6) is 0 Å². The molecular weight excluding hydrogens is 438 g/mol. The van der Waals surface area contributed by atoms with Crippen LogP contribution in [0.4, 0.5) is 0 Å². The van der Waals surface area contributed by atoms with E-state index in [1.165, 1.54) is 23.4 Å². The van der Waals surface area contributed by atoms with Crippen molar-refractivity contribution in [3.05, 3.63) is 64.4 Å². The number of hydrogen-bond acceptors (Lipinski definition) is 6. The molecule has 1 aliphatic rings. The third-order valence-corrected chi connectivity index (χ3v) is 7.04. The number of esters is 1. The Morgan fingerprint density at radius 1 is 1.12 bits per heavy atom. The van der Waals surface area contributed by atoms with Gasteiger partial charge in [-0.05, 0) is 56.0 Å². The highest BCUT2D eigenvalue weighted by Crippen LogP contribution is 2.28. The van der Waals surface area contributed by atoms with Crippen LogP contribution < -0.4 is 5.56 Å². The molecule has 1 aromatic heterocycles. The number of hydrogen-bond donors (Lipinski definition) is 0. The number of likely N-dealkylation sites (tertiary alicyclic amines) is 1. The molecule has 1 fully saturated rings.